The van der Waals surface area contributed by atoms with E-state index in [1.54, 1.807) is 0 Å². The molecule has 7 nitrogen and oxygen atoms in total. The third-order valence-electron chi connectivity index (χ3n) is 4.94. The summed E-state index contributed by atoms with van der Waals surface area (Å²) in [6.45, 7) is 0. The third-order valence-corrected chi connectivity index (χ3v) is 4.94. The Balaban J connectivity index is 1.38. The number of aromatic nitrogens is 3. The van der Waals surface area contributed by atoms with E-state index in [9.17, 15) is 9.59 Å². The van der Waals surface area contributed by atoms with Gasteiger partial charge in [-0.25, -0.2) is 4.68 Å². The maximum Gasteiger partial charge on any atom is 0.252 e. The van der Waals surface area contributed by atoms with Crippen molar-refractivity contribution in [3.8, 4) is 11.4 Å². The van der Waals surface area contributed by atoms with Crippen LogP contribution in [0.1, 0.15) is 12.5 Å². The highest BCUT2D eigenvalue weighted by Crippen LogP contribution is 2.29. The van der Waals surface area contributed by atoms with Crippen molar-refractivity contribution in [3.63, 3.8) is 0 Å². The third kappa shape index (κ3) is 3.12. The lowest BCUT2D eigenvalue weighted by molar-refractivity contribution is -0.123. The van der Waals surface area contributed by atoms with Gasteiger partial charge in [0.1, 0.15) is 6.04 Å². The lowest BCUT2D eigenvalue weighted by Gasteiger charge is -2.11. The molecule has 3 aromatic carbocycles. The first kappa shape index (κ1) is 17.1. The van der Waals surface area contributed by atoms with Crippen LogP contribution in [0.15, 0.2) is 72.8 Å². The Labute approximate surface area is 166 Å². The minimum atomic E-state index is -0.732. The lowest BCUT2D eigenvalue weighted by atomic mass is 10.1. The molecule has 7 heteroatoms. The fraction of sp³-hybridized carbons (Fsp3) is 0.0909. The van der Waals surface area contributed by atoms with Gasteiger partial charge in [0, 0.05) is 16.6 Å². The van der Waals surface area contributed by atoms with Crippen LogP contribution in [0.4, 0.5) is 11.6 Å². The number of hydrogen-bond donors (Lipinski definition) is 2. The fourth-order valence-corrected chi connectivity index (χ4v) is 3.53. The van der Waals surface area contributed by atoms with Crippen LogP contribution in [0.5, 0.6) is 0 Å². The molecule has 0 saturated carbocycles. The molecule has 2 amide bonds. The average molecular weight is 383 g/mol. The van der Waals surface area contributed by atoms with Gasteiger partial charge in [-0.1, -0.05) is 66.7 Å². The molecule has 2 heterocycles. The summed E-state index contributed by atoms with van der Waals surface area (Å²) in [6, 6.07) is 22.3. The van der Waals surface area contributed by atoms with Gasteiger partial charge in [0.2, 0.25) is 11.9 Å². The largest absolute Gasteiger partial charge is 0.325 e. The van der Waals surface area contributed by atoms with Gasteiger partial charge < -0.3 is 5.32 Å². The highest BCUT2D eigenvalue weighted by molar-refractivity contribution is 6.05. The van der Waals surface area contributed by atoms with Gasteiger partial charge in [0.15, 0.2) is 5.82 Å². The molecule has 2 N–H and O–H groups in total. The summed E-state index contributed by atoms with van der Waals surface area (Å²) >= 11 is 0. The molecular weight excluding hydrogens is 366 g/mol. The summed E-state index contributed by atoms with van der Waals surface area (Å²) in [5.74, 6) is 0.329. The zero-order valence-corrected chi connectivity index (χ0v) is 15.4. The molecule has 4 aromatic rings. The molecule has 0 saturated heterocycles. The summed E-state index contributed by atoms with van der Waals surface area (Å²) < 4.78 is 1.49. The SMILES string of the molecule is O=C(C[C@@H]1C(=O)Nc2nc(-c3ccccc3)nn21)Nc1cccc2ccccc12. The Bertz CT molecular complexity index is 1230. The molecule has 0 spiro atoms. The molecule has 0 bridgehead atoms. The summed E-state index contributed by atoms with van der Waals surface area (Å²) in [5, 5.41) is 12.1. The van der Waals surface area contributed by atoms with Crippen molar-refractivity contribution in [2.45, 2.75) is 12.5 Å². The van der Waals surface area contributed by atoms with Crippen molar-refractivity contribution in [1.29, 1.82) is 0 Å². The summed E-state index contributed by atoms with van der Waals surface area (Å²) in [5.41, 5.74) is 1.57. The number of carbonyl (C=O) groups excluding carboxylic acids is 2. The van der Waals surface area contributed by atoms with Crippen molar-refractivity contribution < 1.29 is 9.59 Å². The van der Waals surface area contributed by atoms with E-state index in [4.69, 9.17) is 0 Å². The Kier molecular flexibility index (Phi) is 4.05. The highest BCUT2D eigenvalue weighted by atomic mass is 16.2. The van der Waals surface area contributed by atoms with Crippen LogP contribution in [0, 0.1) is 0 Å². The van der Waals surface area contributed by atoms with Gasteiger partial charge in [-0.3, -0.25) is 14.9 Å². The molecule has 142 valence electrons. The Hall–Kier alpha value is -4.00. The van der Waals surface area contributed by atoms with Gasteiger partial charge in [-0.2, -0.15) is 4.98 Å². The first-order chi connectivity index (χ1) is 14.2. The Morgan fingerprint density at radius 1 is 1.00 bits per heavy atom. The van der Waals surface area contributed by atoms with Gasteiger partial charge >= 0.3 is 0 Å². The number of hydrogen-bond acceptors (Lipinski definition) is 4. The van der Waals surface area contributed by atoms with E-state index in [-0.39, 0.29) is 18.2 Å². The first-order valence-electron chi connectivity index (χ1n) is 9.29. The second kappa shape index (κ2) is 6.87. The van der Waals surface area contributed by atoms with Gasteiger partial charge in [0.25, 0.3) is 5.91 Å². The van der Waals surface area contributed by atoms with Crippen LogP contribution in [-0.2, 0) is 9.59 Å². The maximum atomic E-state index is 12.7. The minimum absolute atomic E-state index is 0.0281. The molecule has 0 radical (unpaired) electrons. The van der Waals surface area contributed by atoms with Crippen LogP contribution < -0.4 is 10.6 Å². The topological polar surface area (TPSA) is 88.9 Å². The van der Waals surface area contributed by atoms with Crippen molar-refractivity contribution in [1.82, 2.24) is 14.8 Å². The molecule has 0 aliphatic carbocycles. The van der Waals surface area contributed by atoms with E-state index >= 15 is 0 Å². The standard InChI is InChI=1S/C22H17N5O2/c28-19(23-17-12-6-10-14-7-4-5-11-16(14)17)13-18-21(29)25-22-24-20(26-27(18)22)15-8-2-1-3-9-15/h1-12,18H,13H2,(H,23,28)(H,24,25,26,29)/t18-/m1/s1. The van der Waals surface area contributed by atoms with E-state index in [0.717, 1.165) is 22.0 Å². The monoisotopic (exact) mass is 383 g/mol. The van der Waals surface area contributed by atoms with E-state index in [2.05, 4.69) is 20.7 Å². The van der Waals surface area contributed by atoms with Crippen molar-refractivity contribution in [2.24, 2.45) is 0 Å². The molecule has 1 aliphatic heterocycles. The number of anilines is 2. The first-order valence-corrected chi connectivity index (χ1v) is 9.29. The van der Waals surface area contributed by atoms with Gasteiger partial charge in [-0.15, -0.1) is 5.10 Å². The fourth-order valence-electron chi connectivity index (χ4n) is 3.53. The molecule has 1 atom stereocenters. The number of nitrogens with one attached hydrogen (secondary N) is 2. The molecule has 5 rings (SSSR count). The number of carbonyl (C=O) groups is 2. The van der Waals surface area contributed by atoms with E-state index in [0.29, 0.717) is 11.8 Å². The smallest absolute Gasteiger partial charge is 0.252 e. The van der Waals surface area contributed by atoms with E-state index in [1.807, 2.05) is 72.8 Å². The maximum absolute atomic E-state index is 12.7. The molecule has 29 heavy (non-hydrogen) atoms. The number of benzene rings is 3. The number of fused-ring (bicyclic) bond motifs is 2. The van der Waals surface area contributed by atoms with Crippen LogP contribution in [-0.4, -0.2) is 26.6 Å². The zero-order chi connectivity index (χ0) is 19.8. The van der Waals surface area contributed by atoms with Crippen LogP contribution >= 0.6 is 0 Å². The van der Waals surface area contributed by atoms with Crippen molar-refractivity contribution >= 4 is 34.2 Å². The predicted octanol–water partition coefficient (Wildman–Crippen LogP) is 3.62. The van der Waals surface area contributed by atoms with Crippen LogP contribution in [0.2, 0.25) is 0 Å². The predicted molar refractivity (Wildman–Crippen MR) is 110 cm³/mol. The zero-order valence-electron chi connectivity index (χ0n) is 15.4. The normalized spacial score (nSPS) is 15.2. The summed E-state index contributed by atoms with van der Waals surface area (Å²) in [7, 11) is 0. The number of amides is 2. The summed E-state index contributed by atoms with van der Waals surface area (Å²) in [6.07, 6.45) is -0.0281. The second-order valence-corrected chi connectivity index (χ2v) is 6.85. The minimum Gasteiger partial charge on any atom is -0.325 e. The number of rotatable bonds is 4. The molecule has 1 aliphatic rings. The van der Waals surface area contributed by atoms with E-state index in [1.165, 1.54) is 4.68 Å². The van der Waals surface area contributed by atoms with Crippen LogP contribution in [0.3, 0.4) is 0 Å². The summed E-state index contributed by atoms with van der Waals surface area (Å²) in [4.78, 5) is 29.4. The highest BCUT2D eigenvalue weighted by Gasteiger charge is 2.35. The second-order valence-electron chi connectivity index (χ2n) is 6.85. The number of nitrogens with zero attached hydrogens (tertiary/aromatic N) is 3. The van der Waals surface area contributed by atoms with Gasteiger partial charge in [-0.05, 0) is 11.5 Å². The van der Waals surface area contributed by atoms with E-state index < -0.39 is 6.04 Å². The lowest BCUT2D eigenvalue weighted by Crippen LogP contribution is -2.23. The van der Waals surface area contributed by atoms with Crippen molar-refractivity contribution in [3.05, 3.63) is 72.8 Å². The average Bonchev–Trinajstić information content (AvgIpc) is 3.28. The Morgan fingerprint density at radius 2 is 1.76 bits per heavy atom. The molecular formula is C22H17N5O2. The van der Waals surface area contributed by atoms with Crippen LogP contribution in [0.25, 0.3) is 22.2 Å². The Morgan fingerprint density at radius 3 is 2.62 bits per heavy atom. The molecule has 0 fully saturated rings. The quantitative estimate of drug-likeness (QED) is 0.563. The molecule has 1 aromatic heterocycles. The van der Waals surface area contributed by atoms with Gasteiger partial charge in [0.05, 0.1) is 6.42 Å². The molecule has 0 unspecified atom stereocenters. The van der Waals surface area contributed by atoms with Crippen molar-refractivity contribution in [2.75, 3.05) is 10.6 Å².